The molecule has 0 radical (unpaired) electrons. The van der Waals surface area contributed by atoms with Gasteiger partial charge in [0.25, 0.3) is 5.56 Å². The molecule has 0 unspecified atom stereocenters. The second-order valence-electron chi connectivity index (χ2n) is 7.92. The van der Waals surface area contributed by atoms with Crippen LogP contribution in [0.4, 0.5) is 0 Å². The number of aromatic nitrogens is 4. The predicted molar refractivity (Wildman–Crippen MR) is 128 cm³/mol. The largest absolute Gasteiger partial charge is 0.268 e. The molecule has 0 bridgehead atoms. The van der Waals surface area contributed by atoms with Crippen molar-refractivity contribution in [3.63, 3.8) is 0 Å². The number of hydrogen-bond donors (Lipinski definition) is 0. The minimum atomic E-state index is -0.104. The molecule has 2 aromatic carbocycles. The summed E-state index contributed by atoms with van der Waals surface area (Å²) in [5.41, 5.74) is 4.95. The number of benzene rings is 2. The summed E-state index contributed by atoms with van der Waals surface area (Å²) in [6, 6.07) is 17.8. The van der Waals surface area contributed by atoms with Crippen LogP contribution in [-0.2, 0) is 12.8 Å². The molecular weight excluding hydrogens is 410 g/mol. The van der Waals surface area contributed by atoms with E-state index in [2.05, 4.69) is 23.0 Å². The lowest BCUT2D eigenvalue weighted by Gasteiger charge is -2.15. The minimum Gasteiger partial charge on any atom is -0.268 e. The maximum atomic E-state index is 13.6. The van der Waals surface area contributed by atoms with Crippen LogP contribution in [0.1, 0.15) is 48.0 Å². The number of nitrogens with zero attached hydrogens (tertiary/aromatic N) is 5. The van der Waals surface area contributed by atoms with E-state index in [1.807, 2.05) is 55.5 Å². The third-order valence-corrected chi connectivity index (χ3v) is 5.67. The fourth-order valence-corrected chi connectivity index (χ4v) is 3.96. The molecule has 0 N–H and O–H groups in total. The number of hydrogen-bond acceptors (Lipinski definition) is 5. The fraction of sp³-hybridized carbons (Fsp3) is 0.222. The normalized spacial score (nSPS) is 10.7. The van der Waals surface area contributed by atoms with Crippen LogP contribution in [0.25, 0.3) is 16.9 Å². The molecule has 2 aromatic heterocycles. The van der Waals surface area contributed by atoms with Gasteiger partial charge in [-0.15, -0.1) is 0 Å². The number of rotatable bonds is 7. The fourth-order valence-electron chi connectivity index (χ4n) is 3.96. The zero-order chi connectivity index (χ0) is 23.2. The quantitative estimate of drug-likeness (QED) is 0.416. The van der Waals surface area contributed by atoms with E-state index in [-0.39, 0.29) is 5.56 Å². The Bertz CT molecular complexity index is 1350. The Morgan fingerprint density at radius 2 is 1.85 bits per heavy atom. The van der Waals surface area contributed by atoms with Crippen molar-refractivity contribution in [2.75, 3.05) is 0 Å². The van der Waals surface area contributed by atoms with Crippen LogP contribution in [0.2, 0.25) is 0 Å². The number of unbranched alkanes of at least 4 members (excludes halogenated alkanes) is 1. The maximum absolute atomic E-state index is 13.6. The molecule has 0 amide bonds. The summed E-state index contributed by atoms with van der Waals surface area (Å²) >= 11 is 0. The molecule has 6 nitrogen and oxygen atoms in total. The van der Waals surface area contributed by atoms with Crippen LogP contribution in [0.3, 0.4) is 0 Å². The zero-order valence-electron chi connectivity index (χ0n) is 18.8. The second kappa shape index (κ2) is 10.0. The second-order valence-corrected chi connectivity index (χ2v) is 7.92. The van der Waals surface area contributed by atoms with Crippen LogP contribution >= 0.6 is 0 Å². The topological polar surface area (TPSA) is 84.5 Å². The van der Waals surface area contributed by atoms with E-state index in [1.165, 1.54) is 4.57 Å². The summed E-state index contributed by atoms with van der Waals surface area (Å²) in [6.07, 6.45) is 7.97. The first-order valence-electron chi connectivity index (χ1n) is 11.1. The molecule has 4 rings (SSSR count). The van der Waals surface area contributed by atoms with Gasteiger partial charge in [0, 0.05) is 24.4 Å². The number of aryl methyl sites for hydroxylation is 2. The standard InChI is InChI=1S/C27H25N5O/c1-3-4-9-25-24(27(33)32(19(2)31-25)26-18-29-14-15-30-26)16-20-10-12-21(13-11-20)23-8-6-5-7-22(23)17-28/h5-8,10-15,18H,3-4,9,16H2,1-2H3. The Morgan fingerprint density at radius 1 is 1.06 bits per heavy atom. The van der Waals surface area contributed by atoms with Crippen LogP contribution in [0.5, 0.6) is 0 Å². The monoisotopic (exact) mass is 435 g/mol. The lowest BCUT2D eigenvalue weighted by molar-refractivity contribution is 0.727. The molecule has 4 aromatic rings. The molecule has 0 aliphatic rings. The Hall–Kier alpha value is -4.11. The van der Waals surface area contributed by atoms with Gasteiger partial charge in [0.1, 0.15) is 5.82 Å². The van der Waals surface area contributed by atoms with Gasteiger partial charge in [-0.2, -0.15) is 5.26 Å². The molecular formula is C27H25N5O. The summed E-state index contributed by atoms with van der Waals surface area (Å²) < 4.78 is 1.54. The zero-order valence-corrected chi connectivity index (χ0v) is 18.8. The summed E-state index contributed by atoms with van der Waals surface area (Å²) in [5.74, 6) is 1.08. The first-order chi connectivity index (χ1) is 16.1. The van der Waals surface area contributed by atoms with Crippen molar-refractivity contribution in [3.8, 4) is 23.0 Å². The highest BCUT2D eigenvalue weighted by Gasteiger charge is 2.17. The van der Waals surface area contributed by atoms with Gasteiger partial charge in [-0.05, 0) is 42.5 Å². The molecule has 2 heterocycles. The Kier molecular flexibility index (Phi) is 6.70. The van der Waals surface area contributed by atoms with Gasteiger partial charge in [-0.3, -0.25) is 9.78 Å². The summed E-state index contributed by atoms with van der Waals surface area (Å²) in [7, 11) is 0. The van der Waals surface area contributed by atoms with E-state index in [0.29, 0.717) is 29.2 Å². The third kappa shape index (κ3) is 4.73. The molecule has 0 aliphatic carbocycles. The lowest BCUT2D eigenvalue weighted by Crippen LogP contribution is -2.29. The van der Waals surface area contributed by atoms with Crippen molar-refractivity contribution >= 4 is 0 Å². The highest BCUT2D eigenvalue weighted by molar-refractivity contribution is 5.70. The van der Waals surface area contributed by atoms with Crippen LogP contribution in [0.15, 0.2) is 71.9 Å². The van der Waals surface area contributed by atoms with Crippen molar-refractivity contribution in [1.29, 1.82) is 5.26 Å². The van der Waals surface area contributed by atoms with E-state index in [4.69, 9.17) is 4.98 Å². The van der Waals surface area contributed by atoms with Crippen molar-refractivity contribution in [2.45, 2.75) is 39.5 Å². The SMILES string of the molecule is CCCCc1nc(C)n(-c2cnccn2)c(=O)c1Cc1ccc(-c2ccccc2C#N)cc1. The van der Waals surface area contributed by atoms with Gasteiger partial charge in [-0.1, -0.05) is 55.8 Å². The average Bonchev–Trinajstić information content (AvgIpc) is 2.85. The van der Waals surface area contributed by atoms with E-state index in [1.54, 1.807) is 18.6 Å². The molecule has 33 heavy (non-hydrogen) atoms. The molecule has 0 aliphatic heterocycles. The van der Waals surface area contributed by atoms with E-state index >= 15 is 0 Å². The molecule has 0 atom stereocenters. The van der Waals surface area contributed by atoms with Gasteiger partial charge in [-0.25, -0.2) is 14.5 Å². The molecule has 0 fully saturated rings. The average molecular weight is 436 g/mol. The van der Waals surface area contributed by atoms with Gasteiger partial charge < -0.3 is 0 Å². The maximum Gasteiger partial charge on any atom is 0.263 e. The van der Waals surface area contributed by atoms with Gasteiger partial charge in [0.05, 0.1) is 23.5 Å². The van der Waals surface area contributed by atoms with E-state index < -0.39 is 0 Å². The lowest BCUT2D eigenvalue weighted by atomic mass is 9.97. The van der Waals surface area contributed by atoms with E-state index in [0.717, 1.165) is 41.6 Å². The van der Waals surface area contributed by atoms with Crippen LogP contribution in [0, 0.1) is 18.3 Å². The summed E-state index contributed by atoms with van der Waals surface area (Å²) in [6.45, 7) is 3.96. The molecule has 164 valence electrons. The minimum absolute atomic E-state index is 0.104. The van der Waals surface area contributed by atoms with Gasteiger partial charge in [0.2, 0.25) is 0 Å². The molecule has 0 saturated carbocycles. The Morgan fingerprint density at radius 3 is 2.55 bits per heavy atom. The Balaban J connectivity index is 1.73. The Labute approximate surface area is 193 Å². The van der Waals surface area contributed by atoms with E-state index in [9.17, 15) is 10.1 Å². The van der Waals surface area contributed by atoms with Crippen molar-refractivity contribution in [1.82, 2.24) is 19.5 Å². The summed E-state index contributed by atoms with van der Waals surface area (Å²) in [5, 5.41) is 9.40. The molecule has 6 heteroatoms. The van der Waals surface area contributed by atoms with Gasteiger partial charge in [0.15, 0.2) is 5.82 Å². The first kappa shape index (κ1) is 22.1. The van der Waals surface area contributed by atoms with Crippen molar-refractivity contribution in [3.05, 3.63) is 106 Å². The molecule has 0 spiro atoms. The molecule has 0 saturated heterocycles. The highest BCUT2D eigenvalue weighted by atomic mass is 16.1. The first-order valence-corrected chi connectivity index (χ1v) is 11.1. The van der Waals surface area contributed by atoms with Gasteiger partial charge >= 0.3 is 0 Å². The van der Waals surface area contributed by atoms with Crippen molar-refractivity contribution < 1.29 is 0 Å². The number of nitriles is 1. The highest BCUT2D eigenvalue weighted by Crippen LogP contribution is 2.24. The summed E-state index contributed by atoms with van der Waals surface area (Å²) in [4.78, 5) is 26.8. The predicted octanol–water partition coefficient (Wildman–Crippen LogP) is 4.80. The van der Waals surface area contributed by atoms with Crippen molar-refractivity contribution in [2.24, 2.45) is 0 Å². The smallest absolute Gasteiger partial charge is 0.263 e. The van der Waals surface area contributed by atoms with Crippen LogP contribution in [-0.4, -0.2) is 19.5 Å². The van der Waals surface area contributed by atoms with Crippen LogP contribution < -0.4 is 5.56 Å². The third-order valence-electron chi connectivity index (χ3n) is 5.67.